The van der Waals surface area contributed by atoms with Gasteiger partial charge in [-0.3, -0.25) is 9.59 Å². The number of carboxylic acid groups (broad SMARTS) is 1. The number of rotatable bonds is 4. The summed E-state index contributed by atoms with van der Waals surface area (Å²) >= 11 is 0. The summed E-state index contributed by atoms with van der Waals surface area (Å²) in [5.74, 6) is -1.12. The Balaban J connectivity index is 1.98. The van der Waals surface area contributed by atoms with Crippen LogP contribution in [0.4, 0.5) is 0 Å². The Labute approximate surface area is 106 Å². The van der Waals surface area contributed by atoms with Gasteiger partial charge in [-0.25, -0.2) is 0 Å². The largest absolute Gasteiger partial charge is 0.481 e. The molecule has 1 unspecified atom stereocenters. The number of fused-ring (bicyclic) bond motifs is 1. The van der Waals surface area contributed by atoms with Gasteiger partial charge in [0, 0.05) is 6.42 Å². The Kier molecular flexibility index (Phi) is 3.97. The number of carboxylic acids is 1. The van der Waals surface area contributed by atoms with Gasteiger partial charge >= 0.3 is 5.97 Å². The Hall–Kier alpha value is -1.84. The lowest BCUT2D eigenvalue weighted by Crippen LogP contribution is -2.31. The van der Waals surface area contributed by atoms with E-state index in [1.54, 1.807) is 0 Å². The molecule has 0 saturated carbocycles. The summed E-state index contributed by atoms with van der Waals surface area (Å²) in [4.78, 5) is 22.1. The van der Waals surface area contributed by atoms with Gasteiger partial charge in [0.05, 0.1) is 12.5 Å². The van der Waals surface area contributed by atoms with Gasteiger partial charge in [-0.1, -0.05) is 24.3 Å². The van der Waals surface area contributed by atoms with Crippen molar-refractivity contribution in [2.24, 2.45) is 0 Å². The molecule has 4 heteroatoms. The van der Waals surface area contributed by atoms with Crippen molar-refractivity contribution in [2.75, 3.05) is 0 Å². The van der Waals surface area contributed by atoms with Gasteiger partial charge in [0.2, 0.25) is 5.91 Å². The monoisotopic (exact) mass is 247 g/mol. The van der Waals surface area contributed by atoms with Gasteiger partial charge in [-0.05, 0) is 30.4 Å². The first kappa shape index (κ1) is 12.6. The molecule has 4 nitrogen and oxygen atoms in total. The van der Waals surface area contributed by atoms with Gasteiger partial charge in [-0.2, -0.15) is 0 Å². The molecular weight excluding hydrogens is 230 g/mol. The van der Waals surface area contributed by atoms with Crippen molar-refractivity contribution in [2.45, 2.75) is 38.1 Å². The number of carbonyl (C=O) groups is 2. The fourth-order valence-electron chi connectivity index (χ4n) is 2.39. The molecule has 0 saturated heterocycles. The third-order valence-corrected chi connectivity index (χ3v) is 3.27. The van der Waals surface area contributed by atoms with E-state index in [0.29, 0.717) is 0 Å². The molecule has 0 aliphatic heterocycles. The standard InChI is InChI=1S/C14H17NO3/c16-13(8-9-14(17)18)15-12-7-3-5-10-4-1-2-6-11(10)12/h1-2,4,6,12H,3,5,7-9H2,(H,15,16)(H,17,18). The van der Waals surface area contributed by atoms with Crippen LogP contribution in [0, 0.1) is 0 Å². The predicted molar refractivity (Wildman–Crippen MR) is 67.1 cm³/mol. The third-order valence-electron chi connectivity index (χ3n) is 3.27. The number of amides is 1. The van der Waals surface area contributed by atoms with Crippen LogP contribution in [0.3, 0.4) is 0 Å². The zero-order valence-electron chi connectivity index (χ0n) is 10.2. The van der Waals surface area contributed by atoms with Gasteiger partial charge in [-0.15, -0.1) is 0 Å². The van der Waals surface area contributed by atoms with Crippen LogP contribution >= 0.6 is 0 Å². The Morgan fingerprint density at radius 1 is 1.28 bits per heavy atom. The molecular formula is C14H17NO3. The smallest absolute Gasteiger partial charge is 0.303 e. The molecule has 1 amide bonds. The topological polar surface area (TPSA) is 66.4 Å². The minimum Gasteiger partial charge on any atom is -0.481 e. The molecule has 0 bridgehead atoms. The summed E-state index contributed by atoms with van der Waals surface area (Å²) in [6.07, 6.45) is 2.97. The second kappa shape index (κ2) is 5.67. The number of hydrogen-bond acceptors (Lipinski definition) is 2. The fraction of sp³-hybridized carbons (Fsp3) is 0.429. The number of benzene rings is 1. The van der Waals surface area contributed by atoms with E-state index in [4.69, 9.17) is 5.11 Å². The fourth-order valence-corrected chi connectivity index (χ4v) is 2.39. The highest BCUT2D eigenvalue weighted by Gasteiger charge is 2.21. The average Bonchev–Trinajstić information content (AvgIpc) is 2.37. The first-order valence-corrected chi connectivity index (χ1v) is 6.26. The average molecular weight is 247 g/mol. The van der Waals surface area contributed by atoms with E-state index in [0.717, 1.165) is 19.3 Å². The Morgan fingerprint density at radius 3 is 2.83 bits per heavy atom. The molecule has 1 aliphatic rings. The van der Waals surface area contributed by atoms with Crippen molar-refractivity contribution in [3.63, 3.8) is 0 Å². The maximum Gasteiger partial charge on any atom is 0.303 e. The minimum absolute atomic E-state index is 0.0382. The SMILES string of the molecule is O=C(O)CCC(=O)NC1CCCc2ccccc21. The van der Waals surface area contributed by atoms with Gasteiger partial charge in [0.15, 0.2) is 0 Å². The Morgan fingerprint density at radius 2 is 2.06 bits per heavy atom. The molecule has 0 aromatic heterocycles. The second-order valence-electron chi connectivity index (χ2n) is 4.60. The second-order valence-corrected chi connectivity index (χ2v) is 4.60. The lowest BCUT2D eigenvalue weighted by molar-refractivity contribution is -0.138. The van der Waals surface area contributed by atoms with Crippen molar-refractivity contribution in [3.05, 3.63) is 35.4 Å². The molecule has 0 heterocycles. The van der Waals surface area contributed by atoms with Gasteiger partial charge < -0.3 is 10.4 Å². The van der Waals surface area contributed by atoms with E-state index >= 15 is 0 Å². The normalized spacial score (nSPS) is 17.9. The lowest BCUT2D eigenvalue weighted by Gasteiger charge is -2.26. The van der Waals surface area contributed by atoms with Crippen LogP contribution in [0.1, 0.15) is 42.9 Å². The number of aliphatic carboxylic acids is 1. The number of aryl methyl sites for hydroxylation is 1. The zero-order valence-corrected chi connectivity index (χ0v) is 10.2. The molecule has 2 N–H and O–H groups in total. The summed E-state index contributed by atoms with van der Waals surface area (Å²) in [6.45, 7) is 0. The number of carbonyl (C=O) groups excluding carboxylic acids is 1. The van der Waals surface area contributed by atoms with Crippen molar-refractivity contribution < 1.29 is 14.7 Å². The highest BCUT2D eigenvalue weighted by molar-refractivity contribution is 5.81. The molecule has 0 spiro atoms. The molecule has 0 radical (unpaired) electrons. The van der Waals surface area contributed by atoms with E-state index in [-0.39, 0.29) is 24.8 Å². The van der Waals surface area contributed by atoms with Crippen LogP contribution in [0.2, 0.25) is 0 Å². The van der Waals surface area contributed by atoms with Crippen LogP contribution < -0.4 is 5.32 Å². The van der Waals surface area contributed by atoms with Crippen LogP contribution in [-0.4, -0.2) is 17.0 Å². The lowest BCUT2D eigenvalue weighted by atomic mass is 9.87. The first-order valence-electron chi connectivity index (χ1n) is 6.26. The van der Waals surface area contributed by atoms with E-state index < -0.39 is 5.97 Å². The molecule has 1 aliphatic carbocycles. The van der Waals surface area contributed by atoms with Crippen LogP contribution in [0.15, 0.2) is 24.3 Å². The quantitative estimate of drug-likeness (QED) is 0.855. The van der Waals surface area contributed by atoms with Crippen molar-refractivity contribution in [1.29, 1.82) is 0 Å². The highest BCUT2D eigenvalue weighted by Crippen LogP contribution is 2.29. The van der Waals surface area contributed by atoms with Crippen LogP contribution in [0.25, 0.3) is 0 Å². The molecule has 0 fully saturated rings. The van der Waals surface area contributed by atoms with Crippen molar-refractivity contribution >= 4 is 11.9 Å². The molecule has 1 atom stereocenters. The summed E-state index contributed by atoms with van der Waals surface area (Å²) in [5.41, 5.74) is 2.46. The van der Waals surface area contributed by atoms with Crippen molar-refractivity contribution in [1.82, 2.24) is 5.32 Å². The third kappa shape index (κ3) is 3.09. The molecule has 1 aromatic rings. The predicted octanol–water partition coefficient (Wildman–Crippen LogP) is 2.04. The number of nitrogens with one attached hydrogen (secondary N) is 1. The zero-order chi connectivity index (χ0) is 13.0. The van der Waals surface area contributed by atoms with E-state index in [9.17, 15) is 9.59 Å². The minimum atomic E-state index is -0.936. The maximum atomic E-state index is 11.7. The molecule has 2 rings (SSSR count). The van der Waals surface area contributed by atoms with E-state index in [2.05, 4.69) is 11.4 Å². The van der Waals surface area contributed by atoms with Crippen molar-refractivity contribution in [3.8, 4) is 0 Å². The summed E-state index contributed by atoms with van der Waals surface area (Å²) in [6, 6.07) is 8.14. The van der Waals surface area contributed by atoms with Gasteiger partial charge in [0.25, 0.3) is 0 Å². The summed E-state index contributed by atoms with van der Waals surface area (Å²) in [5, 5.41) is 11.5. The molecule has 1 aromatic carbocycles. The summed E-state index contributed by atoms with van der Waals surface area (Å²) < 4.78 is 0. The maximum absolute atomic E-state index is 11.7. The Bertz CT molecular complexity index is 456. The first-order chi connectivity index (χ1) is 8.66. The number of hydrogen-bond donors (Lipinski definition) is 2. The highest BCUT2D eigenvalue weighted by atomic mass is 16.4. The van der Waals surface area contributed by atoms with Gasteiger partial charge in [0.1, 0.15) is 0 Å². The van der Waals surface area contributed by atoms with E-state index in [1.165, 1.54) is 11.1 Å². The molecule has 96 valence electrons. The molecule has 18 heavy (non-hydrogen) atoms. The van der Waals surface area contributed by atoms with Crippen LogP contribution in [-0.2, 0) is 16.0 Å². The van der Waals surface area contributed by atoms with E-state index in [1.807, 2.05) is 18.2 Å². The summed E-state index contributed by atoms with van der Waals surface area (Å²) in [7, 11) is 0. The van der Waals surface area contributed by atoms with Crippen LogP contribution in [0.5, 0.6) is 0 Å².